The number of pyridine rings is 1. The lowest BCUT2D eigenvalue weighted by molar-refractivity contribution is -0.140. The number of sulfone groups is 1. The van der Waals surface area contributed by atoms with Gasteiger partial charge in [0.2, 0.25) is 11.8 Å². The summed E-state index contributed by atoms with van der Waals surface area (Å²) < 4.78 is 32.3. The average Bonchev–Trinajstić information content (AvgIpc) is 3.10. The molecule has 0 bridgehead atoms. The first-order valence-electron chi connectivity index (χ1n) is 11.1. The van der Waals surface area contributed by atoms with E-state index in [-0.39, 0.29) is 17.9 Å². The molecule has 3 aromatic rings. The van der Waals surface area contributed by atoms with E-state index >= 15 is 0 Å². The van der Waals surface area contributed by atoms with E-state index in [0.29, 0.717) is 12.3 Å². The number of carbonyl (C=O) groups excluding carboxylic acids is 2. The fourth-order valence-electron chi connectivity index (χ4n) is 4.56. The van der Waals surface area contributed by atoms with Gasteiger partial charge in [0.05, 0.1) is 21.6 Å². The molecule has 0 aliphatic carbocycles. The molecule has 1 saturated heterocycles. The Bertz CT molecular complexity index is 1370. The van der Waals surface area contributed by atoms with Gasteiger partial charge in [0, 0.05) is 36.7 Å². The lowest BCUT2D eigenvalue weighted by atomic mass is 9.84. The van der Waals surface area contributed by atoms with Gasteiger partial charge >= 0.3 is 0 Å². The average molecular weight is 498 g/mol. The largest absolute Gasteiger partial charge is 0.489 e. The Morgan fingerprint density at radius 3 is 2.57 bits per heavy atom. The van der Waals surface area contributed by atoms with E-state index in [1.54, 1.807) is 19.2 Å². The second-order valence-corrected chi connectivity index (χ2v) is 10.9. The highest BCUT2D eigenvalue weighted by atomic mass is 32.2. The van der Waals surface area contributed by atoms with Crippen molar-refractivity contribution in [2.45, 2.75) is 31.3 Å². The number of carbonyl (C=O) groups is 2. The van der Waals surface area contributed by atoms with Crippen molar-refractivity contribution in [3.8, 4) is 5.75 Å². The molecule has 2 heterocycles. The quantitative estimate of drug-likeness (QED) is 0.362. The SMILES string of the molecule is Cc1cc(COc2ccc(S(=O)(=O)CC3(CC(=O)NO)CCN(C)C3=O)cc2)c2ccccc2n1. The topological polar surface area (TPSA) is 126 Å². The van der Waals surface area contributed by atoms with Crippen LogP contribution in [0, 0.1) is 12.3 Å². The fourth-order valence-corrected chi connectivity index (χ4v) is 6.37. The number of hydrogen-bond donors (Lipinski definition) is 2. The predicted molar refractivity (Wildman–Crippen MR) is 129 cm³/mol. The molecular weight excluding hydrogens is 470 g/mol. The van der Waals surface area contributed by atoms with Gasteiger partial charge in [0.25, 0.3) is 0 Å². The molecule has 1 unspecified atom stereocenters. The molecule has 2 amide bonds. The number of rotatable bonds is 8. The lowest BCUT2D eigenvalue weighted by Crippen LogP contribution is -2.42. The molecule has 1 aliphatic rings. The maximum Gasteiger partial charge on any atom is 0.244 e. The second kappa shape index (κ2) is 9.63. The minimum atomic E-state index is -3.90. The van der Waals surface area contributed by atoms with E-state index in [0.717, 1.165) is 22.2 Å². The smallest absolute Gasteiger partial charge is 0.244 e. The number of aryl methyl sites for hydroxylation is 1. The number of benzene rings is 2. The summed E-state index contributed by atoms with van der Waals surface area (Å²) in [6, 6.07) is 15.7. The monoisotopic (exact) mass is 497 g/mol. The van der Waals surface area contributed by atoms with Crippen LogP contribution < -0.4 is 10.2 Å². The summed E-state index contributed by atoms with van der Waals surface area (Å²) in [6.07, 6.45) is -0.206. The first kappa shape index (κ1) is 24.6. The van der Waals surface area contributed by atoms with Crippen molar-refractivity contribution < 1.29 is 28.0 Å². The molecule has 1 aliphatic heterocycles. The van der Waals surface area contributed by atoms with Crippen molar-refractivity contribution in [1.29, 1.82) is 0 Å². The number of nitrogens with one attached hydrogen (secondary N) is 1. The Hall–Kier alpha value is -3.50. The van der Waals surface area contributed by atoms with Crippen LogP contribution in [0.3, 0.4) is 0 Å². The first-order valence-corrected chi connectivity index (χ1v) is 12.8. The molecule has 9 nitrogen and oxygen atoms in total. The number of nitrogens with zero attached hydrogens (tertiary/aromatic N) is 2. The van der Waals surface area contributed by atoms with E-state index in [9.17, 15) is 18.0 Å². The zero-order valence-electron chi connectivity index (χ0n) is 19.5. The first-order chi connectivity index (χ1) is 16.6. The predicted octanol–water partition coefficient (Wildman–Crippen LogP) is 2.64. The molecule has 10 heteroatoms. The zero-order chi connectivity index (χ0) is 25.2. The number of hydrogen-bond acceptors (Lipinski definition) is 7. The van der Waals surface area contributed by atoms with Crippen molar-refractivity contribution in [2.75, 3.05) is 19.3 Å². The summed E-state index contributed by atoms with van der Waals surface area (Å²) in [7, 11) is -2.34. The summed E-state index contributed by atoms with van der Waals surface area (Å²) >= 11 is 0. The van der Waals surface area contributed by atoms with Gasteiger partial charge in [-0.1, -0.05) is 18.2 Å². The van der Waals surface area contributed by atoms with Crippen LogP contribution >= 0.6 is 0 Å². The molecule has 4 rings (SSSR count). The Labute approximate surface area is 203 Å². The number of fused-ring (bicyclic) bond motifs is 1. The van der Waals surface area contributed by atoms with Gasteiger partial charge in [-0.25, -0.2) is 13.9 Å². The number of likely N-dealkylation sites (tertiary alicyclic amines) is 1. The van der Waals surface area contributed by atoms with Crippen molar-refractivity contribution >= 4 is 32.6 Å². The van der Waals surface area contributed by atoms with Crippen LogP contribution in [0.1, 0.15) is 24.1 Å². The van der Waals surface area contributed by atoms with E-state index in [4.69, 9.17) is 9.94 Å². The highest BCUT2D eigenvalue weighted by Crippen LogP contribution is 2.38. The van der Waals surface area contributed by atoms with Crippen LogP contribution in [0.2, 0.25) is 0 Å². The maximum absolute atomic E-state index is 13.2. The van der Waals surface area contributed by atoms with Crippen molar-refractivity contribution in [3.05, 3.63) is 65.9 Å². The number of aromatic nitrogens is 1. The summed E-state index contributed by atoms with van der Waals surface area (Å²) in [4.78, 5) is 30.5. The van der Waals surface area contributed by atoms with Crippen molar-refractivity contribution in [2.24, 2.45) is 5.41 Å². The molecule has 1 fully saturated rings. The molecule has 1 aromatic heterocycles. The molecule has 1 atom stereocenters. The molecule has 184 valence electrons. The number of ether oxygens (including phenoxy) is 1. The van der Waals surface area contributed by atoms with Crippen molar-refractivity contribution in [1.82, 2.24) is 15.4 Å². The molecule has 2 aromatic carbocycles. The highest BCUT2D eigenvalue weighted by molar-refractivity contribution is 7.91. The van der Waals surface area contributed by atoms with E-state index < -0.39 is 39.2 Å². The van der Waals surface area contributed by atoms with Gasteiger partial charge < -0.3 is 9.64 Å². The number of hydroxylamine groups is 1. The fraction of sp³-hybridized carbons (Fsp3) is 0.320. The zero-order valence-corrected chi connectivity index (χ0v) is 20.3. The normalized spacial score (nSPS) is 18.1. The third-order valence-corrected chi connectivity index (χ3v) is 8.25. The molecule has 35 heavy (non-hydrogen) atoms. The van der Waals surface area contributed by atoms with E-state index in [1.807, 2.05) is 37.3 Å². The van der Waals surface area contributed by atoms with Crippen LogP contribution in [-0.2, 0) is 26.0 Å². The summed E-state index contributed by atoms with van der Waals surface area (Å²) in [5, 5.41) is 9.91. The van der Waals surface area contributed by atoms with Gasteiger partial charge in [-0.15, -0.1) is 0 Å². The third kappa shape index (κ3) is 5.13. The van der Waals surface area contributed by atoms with E-state index in [2.05, 4.69) is 4.98 Å². The Morgan fingerprint density at radius 1 is 1.20 bits per heavy atom. The summed E-state index contributed by atoms with van der Waals surface area (Å²) in [5.74, 6) is -1.26. The molecule has 0 spiro atoms. The van der Waals surface area contributed by atoms with Crippen LogP contribution in [0.5, 0.6) is 5.75 Å². The van der Waals surface area contributed by atoms with Crippen LogP contribution in [0.4, 0.5) is 0 Å². The Kier molecular flexibility index (Phi) is 6.77. The Morgan fingerprint density at radius 2 is 1.91 bits per heavy atom. The number of amides is 2. The standard InChI is InChI=1S/C25H27N3O6S/c1-17-13-18(21-5-3-4-6-22(21)26-17)15-34-19-7-9-20(10-8-19)35(32,33)16-25(14-23(29)27-31)11-12-28(2)24(25)30/h3-10,13,31H,11-12,14-16H2,1-2H3,(H,27,29). The van der Waals surface area contributed by atoms with Crippen LogP contribution in [0.15, 0.2) is 59.5 Å². The lowest BCUT2D eigenvalue weighted by Gasteiger charge is -2.26. The van der Waals surface area contributed by atoms with Crippen molar-refractivity contribution in [3.63, 3.8) is 0 Å². The molecule has 0 radical (unpaired) electrons. The minimum absolute atomic E-state index is 0.0289. The van der Waals surface area contributed by atoms with Crippen LogP contribution in [0.25, 0.3) is 10.9 Å². The summed E-state index contributed by atoms with van der Waals surface area (Å²) in [5.41, 5.74) is 2.80. The number of para-hydroxylation sites is 1. The van der Waals surface area contributed by atoms with Gasteiger partial charge in [-0.2, -0.15) is 0 Å². The minimum Gasteiger partial charge on any atom is -0.489 e. The molecule has 0 saturated carbocycles. The van der Waals surface area contributed by atoms with Gasteiger partial charge in [-0.05, 0) is 49.7 Å². The summed E-state index contributed by atoms with van der Waals surface area (Å²) in [6.45, 7) is 2.54. The second-order valence-electron chi connectivity index (χ2n) is 8.93. The van der Waals surface area contributed by atoms with E-state index in [1.165, 1.54) is 22.5 Å². The van der Waals surface area contributed by atoms with Gasteiger partial charge in [0.1, 0.15) is 12.4 Å². The Balaban J connectivity index is 1.51. The van der Waals surface area contributed by atoms with Crippen LogP contribution in [-0.4, -0.2) is 54.7 Å². The highest BCUT2D eigenvalue weighted by Gasteiger charge is 2.49. The maximum atomic E-state index is 13.2. The van der Waals surface area contributed by atoms with Gasteiger partial charge in [0.15, 0.2) is 9.84 Å². The third-order valence-electron chi connectivity index (χ3n) is 6.32. The van der Waals surface area contributed by atoms with Gasteiger partial charge in [-0.3, -0.25) is 19.8 Å². The molecule has 2 N–H and O–H groups in total. The molecular formula is C25H27N3O6S.